The number of aryl methyl sites for hydroxylation is 1. The average Bonchev–Trinajstić information content (AvgIpc) is 3.31. The summed E-state index contributed by atoms with van der Waals surface area (Å²) in [6.07, 6.45) is 5.17. The van der Waals surface area contributed by atoms with Gasteiger partial charge in [-0.15, -0.1) is 11.3 Å². The van der Waals surface area contributed by atoms with Gasteiger partial charge in [-0.1, -0.05) is 0 Å². The number of rotatable bonds is 3. The number of amides is 1. The zero-order chi connectivity index (χ0) is 19.3. The van der Waals surface area contributed by atoms with Crippen LogP contribution in [0.3, 0.4) is 0 Å². The third-order valence-electron chi connectivity index (χ3n) is 5.65. The number of likely N-dealkylation sites (tertiary alicyclic amines) is 1. The van der Waals surface area contributed by atoms with Gasteiger partial charge in [0.2, 0.25) is 0 Å². The lowest BCUT2D eigenvalue weighted by molar-refractivity contribution is 0.107. The van der Waals surface area contributed by atoms with Crippen molar-refractivity contribution >= 4 is 46.8 Å². The summed E-state index contributed by atoms with van der Waals surface area (Å²) in [5, 5.41) is 0.837. The lowest BCUT2D eigenvalue weighted by Crippen LogP contribution is -2.52. The molecule has 3 aromatic heterocycles. The molecule has 1 fully saturated rings. The van der Waals surface area contributed by atoms with Gasteiger partial charge in [0.25, 0.3) is 0 Å². The van der Waals surface area contributed by atoms with Crippen LogP contribution in [-0.2, 0) is 6.54 Å². The van der Waals surface area contributed by atoms with E-state index in [1.165, 1.54) is 17.0 Å². The summed E-state index contributed by atoms with van der Waals surface area (Å²) < 4.78 is 0. The Bertz CT molecular complexity index is 1070. The topological polar surface area (TPSA) is 69.3 Å². The number of anilines is 1. The van der Waals surface area contributed by atoms with Crippen LogP contribution in [0.2, 0.25) is 0 Å². The highest BCUT2D eigenvalue weighted by Crippen LogP contribution is 2.36. The van der Waals surface area contributed by atoms with Crippen LogP contribution in [0.5, 0.6) is 0 Å². The maximum Gasteiger partial charge on any atom is 0.328 e. The molecule has 0 spiro atoms. The molecular formula is C20H20BN4O2S. The quantitative estimate of drug-likeness (QED) is 0.695. The van der Waals surface area contributed by atoms with E-state index < -0.39 is 0 Å². The number of hydrogen-bond acceptors (Lipinski definition) is 5. The van der Waals surface area contributed by atoms with E-state index in [1.54, 1.807) is 12.4 Å². The number of aromatic nitrogens is 2. The summed E-state index contributed by atoms with van der Waals surface area (Å²) in [6, 6.07) is 6.36. The SMILES string of the molecule is Cc1ccc(CN2CCC(N3C(=O)[B]C(=O)c4cnc5[nH]ccc5c43)CC2)s1. The van der Waals surface area contributed by atoms with Crippen LogP contribution in [0, 0.1) is 6.92 Å². The van der Waals surface area contributed by atoms with Crippen molar-refractivity contribution in [3.63, 3.8) is 0 Å². The van der Waals surface area contributed by atoms with Gasteiger partial charge in [0.15, 0.2) is 5.81 Å². The Morgan fingerprint density at radius 3 is 2.82 bits per heavy atom. The molecule has 0 saturated carbocycles. The number of aromatic amines is 1. The molecule has 1 radical (unpaired) electrons. The number of nitrogens with zero attached hydrogens (tertiary/aromatic N) is 3. The lowest BCUT2D eigenvalue weighted by Gasteiger charge is -2.40. The first-order chi connectivity index (χ1) is 13.6. The molecular weight excluding hydrogens is 371 g/mol. The predicted octanol–water partition coefficient (Wildman–Crippen LogP) is 3.38. The van der Waals surface area contributed by atoms with Crippen LogP contribution in [-0.4, -0.2) is 52.8 Å². The standard InChI is InChI=1S/C20H20BN4O2S/c1-12-2-3-14(28-12)11-24-8-5-13(6-9-24)25-17-15-4-7-22-19(15)23-10-16(17)18(26)21-20(25)27/h2-4,7,10,13H,5-6,8-9,11H2,1H3,(H,22,23). The molecule has 0 atom stereocenters. The number of H-pyrrole nitrogens is 1. The molecule has 141 valence electrons. The summed E-state index contributed by atoms with van der Waals surface area (Å²) in [5.41, 5.74) is 1.69. The van der Waals surface area contributed by atoms with Crippen LogP contribution in [0.25, 0.3) is 11.0 Å². The van der Waals surface area contributed by atoms with E-state index in [0.29, 0.717) is 11.2 Å². The molecule has 0 bridgehead atoms. The van der Waals surface area contributed by atoms with Crippen molar-refractivity contribution in [2.75, 3.05) is 18.0 Å². The van der Waals surface area contributed by atoms with Crippen molar-refractivity contribution < 1.29 is 9.59 Å². The van der Waals surface area contributed by atoms with E-state index in [0.717, 1.165) is 43.5 Å². The summed E-state index contributed by atoms with van der Waals surface area (Å²) >= 11 is 1.84. The van der Waals surface area contributed by atoms with Crippen molar-refractivity contribution in [3.05, 3.63) is 45.9 Å². The summed E-state index contributed by atoms with van der Waals surface area (Å²) in [4.78, 5) is 39.6. The van der Waals surface area contributed by atoms with Gasteiger partial charge in [-0.3, -0.25) is 9.69 Å². The third-order valence-corrected chi connectivity index (χ3v) is 6.64. The first-order valence-corrected chi connectivity index (χ1v) is 10.4. The van der Waals surface area contributed by atoms with Crippen LogP contribution >= 0.6 is 11.3 Å². The number of fused-ring (bicyclic) bond motifs is 3. The minimum absolute atomic E-state index is 0.0948. The normalized spacial score (nSPS) is 18.5. The maximum atomic E-state index is 12.8. The number of pyridine rings is 1. The molecule has 0 unspecified atom stereocenters. The summed E-state index contributed by atoms with van der Waals surface area (Å²) in [6.45, 7) is 4.98. The monoisotopic (exact) mass is 391 g/mol. The fourth-order valence-electron chi connectivity index (χ4n) is 4.29. The molecule has 0 aliphatic carbocycles. The Morgan fingerprint density at radius 1 is 1.25 bits per heavy atom. The van der Waals surface area contributed by atoms with Crippen LogP contribution in [0.15, 0.2) is 30.6 Å². The van der Waals surface area contributed by atoms with Gasteiger partial charge in [-0.25, -0.2) is 4.98 Å². The van der Waals surface area contributed by atoms with Gasteiger partial charge in [0.1, 0.15) is 11.3 Å². The number of thiophene rings is 1. The molecule has 3 aromatic rings. The molecule has 8 heteroatoms. The van der Waals surface area contributed by atoms with Gasteiger partial charge in [0, 0.05) is 53.2 Å². The smallest absolute Gasteiger partial charge is 0.328 e. The second-order valence-electron chi connectivity index (χ2n) is 7.50. The molecule has 5 rings (SSSR count). The number of carbonyl (C=O) groups is 2. The minimum Gasteiger partial charge on any atom is -0.346 e. The Labute approximate surface area is 167 Å². The third kappa shape index (κ3) is 2.97. The second-order valence-corrected chi connectivity index (χ2v) is 8.87. The molecule has 1 amide bonds. The van der Waals surface area contributed by atoms with Crippen LogP contribution in [0.1, 0.15) is 33.0 Å². The molecule has 28 heavy (non-hydrogen) atoms. The number of nitrogens with one attached hydrogen (secondary N) is 1. The largest absolute Gasteiger partial charge is 0.346 e. The molecule has 1 N–H and O–H groups in total. The Balaban J connectivity index is 1.40. The highest BCUT2D eigenvalue weighted by atomic mass is 32.1. The fourth-order valence-corrected chi connectivity index (χ4v) is 5.22. The van der Waals surface area contributed by atoms with Gasteiger partial charge in [-0.2, -0.15) is 0 Å². The van der Waals surface area contributed by atoms with E-state index >= 15 is 0 Å². The van der Waals surface area contributed by atoms with Crippen molar-refractivity contribution in [2.24, 2.45) is 0 Å². The maximum absolute atomic E-state index is 12.8. The highest BCUT2D eigenvalue weighted by molar-refractivity contribution is 7.11. The van der Waals surface area contributed by atoms with Crippen molar-refractivity contribution in [1.29, 1.82) is 0 Å². The average molecular weight is 391 g/mol. The molecule has 5 heterocycles. The van der Waals surface area contributed by atoms with Gasteiger partial charge in [-0.05, 0) is 38.0 Å². The van der Waals surface area contributed by atoms with Crippen LogP contribution < -0.4 is 4.90 Å². The molecule has 6 nitrogen and oxygen atoms in total. The second kappa shape index (κ2) is 6.86. The van der Waals surface area contributed by atoms with Gasteiger partial charge in [0.05, 0.1) is 11.3 Å². The number of hydrogen-bond donors (Lipinski definition) is 1. The molecule has 0 aromatic carbocycles. The molecule has 2 aliphatic rings. The number of carbonyl (C=O) groups excluding carboxylic acids is 2. The van der Waals surface area contributed by atoms with Gasteiger partial charge < -0.3 is 14.7 Å². The Morgan fingerprint density at radius 2 is 2.07 bits per heavy atom. The molecule has 2 aliphatic heterocycles. The summed E-state index contributed by atoms with van der Waals surface area (Å²) in [7, 11) is 1.21. The Hall–Kier alpha value is -2.45. The zero-order valence-electron chi connectivity index (χ0n) is 15.6. The predicted molar refractivity (Wildman–Crippen MR) is 111 cm³/mol. The van der Waals surface area contributed by atoms with E-state index in [4.69, 9.17) is 0 Å². The van der Waals surface area contributed by atoms with E-state index in [1.807, 2.05) is 22.3 Å². The minimum atomic E-state index is -0.252. The van der Waals surface area contributed by atoms with E-state index in [2.05, 4.69) is 33.9 Å². The van der Waals surface area contributed by atoms with E-state index in [-0.39, 0.29) is 17.5 Å². The van der Waals surface area contributed by atoms with E-state index in [9.17, 15) is 9.59 Å². The Kier molecular flexibility index (Phi) is 4.32. The van der Waals surface area contributed by atoms with Gasteiger partial charge >= 0.3 is 7.28 Å². The highest BCUT2D eigenvalue weighted by Gasteiger charge is 2.38. The lowest BCUT2D eigenvalue weighted by atomic mass is 9.65. The number of piperidine rings is 1. The van der Waals surface area contributed by atoms with Crippen molar-refractivity contribution in [2.45, 2.75) is 32.4 Å². The van der Waals surface area contributed by atoms with Crippen LogP contribution in [0.4, 0.5) is 10.5 Å². The zero-order valence-corrected chi connectivity index (χ0v) is 16.5. The fraction of sp³-hybridized carbons (Fsp3) is 0.350. The molecule has 1 saturated heterocycles. The first kappa shape index (κ1) is 17.6. The first-order valence-electron chi connectivity index (χ1n) is 9.56. The van der Waals surface area contributed by atoms with Crippen molar-refractivity contribution in [3.8, 4) is 0 Å². The summed E-state index contributed by atoms with van der Waals surface area (Å²) in [5.74, 6) is -0.210. The van der Waals surface area contributed by atoms with Crippen molar-refractivity contribution in [1.82, 2.24) is 14.9 Å².